The van der Waals surface area contributed by atoms with Crippen molar-refractivity contribution in [3.63, 3.8) is 0 Å². The molecule has 0 bridgehead atoms. The van der Waals surface area contributed by atoms with E-state index in [-0.39, 0.29) is 18.4 Å². The van der Waals surface area contributed by atoms with Gasteiger partial charge in [0.15, 0.2) is 6.61 Å². The van der Waals surface area contributed by atoms with E-state index in [0.29, 0.717) is 24.4 Å². The molecule has 5 heteroatoms. The van der Waals surface area contributed by atoms with Crippen LogP contribution in [0, 0.1) is 0 Å². The smallest absolute Gasteiger partial charge is 0.260 e. The molecular formula is C24H28N2O3. The van der Waals surface area contributed by atoms with Crippen molar-refractivity contribution in [2.45, 2.75) is 38.6 Å². The van der Waals surface area contributed by atoms with Crippen LogP contribution in [0.2, 0.25) is 0 Å². The van der Waals surface area contributed by atoms with E-state index in [1.165, 1.54) is 24.0 Å². The summed E-state index contributed by atoms with van der Waals surface area (Å²) < 4.78 is 5.84. The third-order valence-electron chi connectivity index (χ3n) is 5.85. The molecule has 1 saturated heterocycles. The first-order valence-electron chi connectivity index (χ1n) is 10.6. The summed E-state index contributed by atoms with van der Waals surface area (Å²) in [5.41, 5.74) is 3.03. The average molecular weight is 392 g/mol. The Balaban J connectivity index is 1.43. The second-order valence-electron chi connectivity index (χ2n) is 7.83. The number of benzene rings is 2. The minimum Gasteiger partial charge on any atom is -0.483 e. The highest BCUT2D eigenvalue weighted by atomic mass is 16.5. The first kappa shape index (κ1) is 19.5. The highest BCUT2D eigenvalue weighted by Crippen LogP contribution is 2.24. The van der Waals surface area contributed by atoms with Gasteiger partial charge >= 0.3 is 0 Å². The lowest BCUT2D eigenvalue weighted by atomic mass is 9.99. The van der Waals surface area contributed by atoms with Crippen LogP contribution in [0.5, 0.6) is 5.75 Å². The third kappa shape index (κ3) is 4.61. The molecule has 2 aliphatic heterocycles. The Hall–Kier alpha value is -2.82. The Kier molecular flexibility index (Phi) is 6.13. The molecule has 2 aliphatic rings. The maximum atomic E-state index is 13.2. The molecule has 0 spiro atoms. The minimum atomic E-state index is -0.0441. The normalized spacial score (nSPS) is 16.7. The van der Waals surface area contributed by atoms with Crippen molar-refractivity contribution in [2.75, 3.05) is 26.2 Å². The number of para-hydroxylation sites is 1. The second-order valence-corrected chi connectivity index (χ2v) is 7.83. The molecule has 2 aromatic rings. The van der Waals surface area contributed by atoms with Crippen molar-refractivity contribution < 1.29 is 14.3 Å². The maximum absolute atomic E-state index is 13.2. The van der Waals surface area contributed by atoms with Gasteiger partial charge in [-0.25, -0.2) is 0 Å². The van der Waals surface area contributed by atoms with Gasteiger partial charge in [0.25, 0.3) is 11.8 Å². The molecule has 2 heterocycles. The highest BCUT2D eigenvalue weighted by Gasteiger charge is 2.24. The van der Waals surface area contributed by atoms with Crippen LogP contribution in [0.3, 0.4) is 0 Å². The number of nitrogens with zero attached hydrogens (tertiary/aromatic N) is 2. The van der Waals surface area contributed by atoms with E-state index in [1.807, 2.05) is 34.1 Å². The summed E-state index contributed by atoms with van der Waals surface area (Å²) in [5, 5.41) is 0. The molecule has 2 aromatic carbocycles. The summed E-state index contributed by atoms with van der Waals surface area (Å²) in [5.74, 6) is 0.443. The number of amides is 2. The summed E-state index contributed by atoms with van der Waals surface area (Å²) in [6.07, 6.45) is 5.33. The minimum absolute atomic E-state index is 0.000974. The molecule has 0 unspecified atom stereocenters. The second kappa shape index (κ2) is 9.12. The first-order valence-corrected chi connectivity index (χ1v) is 10.6. The van der Waals surface area contributed by atoms with E-state index >= 15 is 0 Å². The lowest BCUT2D eigenvalue weighted by Crippen LogP contribution is -2.37. The molecule has 152 valence electrons. The van der Waals surface area contributed by atoms with Crippen molar-refractivity contribution in [3.05, 3.63) is 65.2 Å². The van der Waals surface area contributed by atoms with E-state index in [4.69, 9.17) is 4.74 Å². The largest absolute Gasteiger partial charge is 0.483 e. The molecule has 0 atom stereocenters. The van der Waals surface area contributed by atoms with Crippen LogP contribution in [0.15, 0.2) is 48.5 Å². The average Bonchev–Trinajstić information content (AvgIpc) is 3.06. The first-order chi connectivity index (χ1) is 14.2. The Morgan fingerprint density at radius 2 is 1.48 bits per heavy atom. The molecular weight excluding hydrogens is 364 g/mol. The van der Waals surface area contributed by atoms with Gasteiger partial charge in [0.1, 0.15) is 5.75 Å². The summed E-state index contributed by atoms with van der Waals surface area (Å²) >= 11 is 0. The van der Waals surface area contributed by atoms with Crippen molar-refractivity contribution in [1.29, 1.82) is 0 Å². The maximum Gasteiger partial charge on any atom is 0.260 e. The van der Waals surface area contributed by atoms with Crippen LogP contribution < -0.4 is 4.74 Å². The van der Waals surface area contributed by atoms with E-state index < -0.39 is 0 Å². The molecule has 5 nitrogen and oxygen atoms in total. The number of likely N-dealkylation sites (tertiary alicyclic amines) is 1. The predicted octanol–water partition coefficient (Wildman–Crippen LogP) is 3.67. The van der Waals surface area contributed by atoms with Gasteiger partial charge in [-0.3, -0.25) is 9.59 Å². The van der Waals surface area contributed by atoms with Gasteiger partial charge in [0, 0.05) is 26.2 Å². The number of fused-ring (bicyclic) bond motifs is 1. The zero-order valence-corrected chi connectivity index (χ0v) is 16.8. The fourth-order valence-corrected chi connectivity index (χ4v) is 4.16. The van der Waals surface area contributed by atoms with Crippen molar-refractivity contribution in [3.8, 4) is 5.75 Å². The molecule has 0 N–H and O–H groups in total. The van der Waals surface area contributed by atoms with Gasteiger partial charge < -0.3 is 14.5 Å². The van der Waals surface area contributed by atoms with Crippen LogP contribution in [0.4, 0.5) is 0 Å². The lowest BCUT2D eigenvalue weighted by Gasteiger charge is -2.29. The van der Waals surface area contributed by atoms with Crippen LogP contribution in [0.1, 0.15) is 47.2 Å². The fourth-order valence-electron chi connectivity index (χ4n) is 4.16. The number of hydrogen-bond acceptors (Lipinski definition) is 3. The topological polar surface area (TPSA) is 49.9 Å². The van der Waals surface area contributed by atoms with Crippen molar-refractivity contribution in [2.24, 2.45) is 0 Å². The monoisotopic (exact) mass is 392 g/mol. The lowest BCUT2D eigenvalue weighted by molar-refractivity contribution is -0.133. The molecule has 0 saturated carbocycles. The molecule has 0 aliphatic carbocycles. The molecule has 29 heavy (non-hydrogen) atoms. The molecule has 4 rings (SSSR count). The molecule has 0 radical (unpaired) electrons. The Morgan fingerprint density at radius 1 is 0.793 bits per heavy atom. The standard InChI is InChI=1S/C24H28N2O3/c27-23(25-14-7-1-2-8-15-25)18-29-22-12-6-5-11-21(22)24(28)26-16-13-19-9-3-4-10-20(19)17-26/h3-6,9-12H,1-2,7-8,13-18H2. The Labute approximate surface area is 172 Å². The summed E-state index contributed by atoms with van der Waals surface area (Å²) in [7, 11) is 0. The van der Waals surface area contributed by atoms with Gasteiger partial charge in [-0.1, -0.05) is 49.2 Å². The third-order valence-corrected chi connectivity index (χ3v) is 5.85. The van der Waals surface area contributed by atoms with Crippen LogP contribution >= 0.6 is 0 Å². The van der Waals surface area contributed by atoms with E-state index in [1.54, 1.807) is 12.1 Å². The van der Waals surface area contributed by atoms with Crippen molar-refractivity contribution >= 4 is 11.8 Å². The number of carbonyl (C=O) groups excluding carboxylic acids is 2. The zero-order valence-electron chi connectivity index (χ0n) is 16.8. The quantitative estimate of drug-likeness (QED) is 0.798. The number of hydrogen-bond donors (Lipinski definition) is 0. The number of carbonyl (C=O) groups is 2. The van der Waals surface area contributed by atoms with E-state index in [2.05, 4.69) is 12.1 Å². The zero-order chi connectivity index (χ0) is 20.1. The molecule has 2 amide bonds. The Morgan fingerprint density at radius 3 is 2.28 bits per heavy atom. The SMILES string of the molecule is O=C(COc1ccccc1C(=O)N1CCc2ccccc2C1)N1CCCCCC1. The van der Waals surface area contributed by atoms with Crippen LogP contribution in [0.25, 0.3) is 0 Å². The summed E-state index contributed by atoms with van der Waals surface area (Å²) in [6, 6.07) is 15.5. The fraction of sp³-hybridized carbons (Fsp3) is 0.417. The summed E-state index contributed by atoms with van der Waals surface area (Å²) in [4.78, 5) is 29.5. The van der Waals surface area contributed by atoms with Gasteiger partial charge in [-0.05, 0) is 42.5 Å². The van der Waals surface area contributed by atoms with Crippen molar-refractivity contribution in [1.82, 2.24) is 9.80 Å². The predicted molar refractivity (Wildman–Crippen MR) is 112 cm³/mol. The molecule has 0 aromatic heterocycles. The van der Waals surface area contributed by atoms with Gasteiger partial charge in [0.05, 0.1) is 5.56 Å². The molecule has 1 fully saturated rings. The number of ether oxygens (including phenoxy) is 1. The van der Waals surface area contributed by atoms with Gasteiger partial charge in [0.2, 0.25) is 0 Å². The summed E-state index contributed by atoms with van der Waals surface area (Å²) in [6.45, 7) is 2.88. The van der Waals surface area contributed by atoms with Crippen LogP contribution in [-0.2, 0) is 17.8 Å². The van der Waals surface area contributed by atoms with Crippen LogP contribution in [-0.4, -0.2) is 47.9 Å². The van der Waals surface area contributed by atoms with E-state index in [9.17, 15) is 9.59 Å². The van der Waals surface area contributed by atoms with Gasteiger partial charge in [-0.2, -0.15) is 0 Å². The van der Waals surface area contributed by atoms with Gasteiger partial charge in [-0.15, -0.1) is 0 Å². The van der Waals surface area contributed by atoms with E-state index in [0.717, 1.165) is 32.4 Å². The highest BCUT2D eigenvalue weighted by molar-refractivity contribution is 5.97. The number of rotatable bonds is 4. The Bertz CT molecular complexity index is 872.